The van der Waals surface area contributed by atoms with Crippen LogP contribution >= 0.6 is 0 Å². The molecule has 7 heteroatoms. The number of imide groups is 1. The highest BCUT2D eigenvalue weighted by molar-refractivity contribution is 6.06. The van der Waals surface area contributed by atoms with E-state index in [2.05, 4.69) is 17.6 Å². The van der Waals surface area contributed by atoms with Crippen molar-refractivity contribution in [2.45, 2.75) is 64.1 Å². The Kier molecular flexibility index (Phi) is 4.91. The molecule has 1 aliphatic carbocycles. The lowest BCUT2D eigenvalue weighted by atomic mass is 9.99. The van der Waals surface area contributed by atoms with Crippen LogP contribution in [0, 0.1) is 5.92 Å². The maximum absolute atomic E-state index is 12.7. The van der Waals surface area contributed by atoms with Gasteiger partial charge in [0.15, 0.2) is 0 Å². The lowest BCUT2D eigenvalue weighted by molar-refractivity contribution is -0.136. The molecule has 2 atom stereocenters. The van der Waals surface area contributed by atoms with Crippen LogP contribution in [0.5, 0.6) is 0 Å². The van der Waals surface area contributed by atoms with Gasteiger partial charge in [-0.05, 0) is 55.9 Å². The zero-order valence-electron chi connectivity index (χ0n) is 16.0. The number of piperidine rings is 1. The van der Waals surface area contributed by atoms with Crippen LogP contribution in [0.4, 0.5) is 0 Å². The minimum atomic E-state index is -0.641. The van der Waals surface area contributed by atoms with Crippen molar-refractivity contribution < 1.29 is 19.2 Å². The number of hydrogen-bond acceptors (Lipinski definition) is 4. The van der Waals surface area contributed by atoms with Crippen LogP contribution in [0.2, 0.25) is 0 Å². The van der Waals surface area contributed by atoms with Crippen LogP contribution in [0.15, 0.2) is 18.2 Å². The molecule has 2 aliphatic heterocycles. The molecule has 0 bridgehead atoms. The van der Waals surface area contributed by atoms with Gasteiger partial charge in [0.2, 0.25) is 11.8 Å². The monoisotopic (exact) mass is 383 g/mol. The predicted molar refractivity (Wildman–Crippen MR) is 101 cm³/mol. The van der Waals surface area contributed by atoms with Gasteiger partial charge in [-0.15, -0.1) is 0 Å². The Morgan fingerprint density at radius 2 is 1.93 bits per heavy atom. The highest BCUT2D eigenvalue weighted by Gasteiger charge is 2.39. The molecule has 1 unspecified atom stereocenters. The second-order valence-corrected chi connectivity index (χ2v) is 8.08. The first kappa shape index (κ1) is 18.7. The van der Waals surface area contributed by atoms with Crippen molar-refractivity contribution in [3.63, 3.8) is 0 Å². The average molecular weight is 383 g/mol. The number of benzene rings is 1. The quantitative estimate of drug-likeness (QED) is 0.775. The number of nitrogens with one attached hydrogen (secondary N) is 2. The summed E-state index contributed by atoms with van der Waals surface area (Å²) in [7, 11) is 0. The molecule has 2 N–H and O–H groups in total. The van der Waals surface area contributed by atoms with Gasteiger partial charge in [0.25, 0.3) is 11.8 Å². The fourth-order valence-corrected chi connectivity index (χ4v) is 4.58. The number of carbonyl (C=O) groups is 4. The van der Waals surface area contributed by atoms with E-state index in [9.17, 15) is 19.2 Å². The summed E-state index contributed by atoms with van der Waals surface area (Å²) in [5.41, 5.74) is 1.79. The Hall–Kier alpha value is -2.70. The highest BCUT2D eigenvalue weighted by Crippen LogP contribution is 2.29. The zero-order valence-corrected chi connectivity index (χ0v) is 16.0. The van der Waals surface area contributed by atoms with Crippen LogP contribution in [-0.2, 0) is 16.1 Å². The van der Waals surface area contributed by atoms with Gasteiger partial charge >= 0.3 is 0 Å². The van der Waals surface area contributed by atoms with Crippen molar-refractivity contribution in [2.24, 2.45) is 5.92 Å². The van der Waals surface area contributed by atoms with Crippen LogP contribution < -0.4 is 10.6 Å². The third kappa shape index (κ3) is 3.41. The number of fused-ring (bicyclic) bond motifs is 1. The number of nitrogens with zero attached hydrogens (tertiary/aromatic N) is 1. The van der Waals surface area contributed by atoms with E-state index < -0.39 is 11.9 Å². The minimum Gasteiger partial charge on any atom is -0.349 e. The topological polar surface area (TPSA) is 95.6 Å². The van der Waals surface area contributed by atoms with Crippen LogP contribution in [0.1, 0.15) is 71.7 Å². The molecule has 0 spiro atoms. The largest absolute Gasteiger partial charge is 0.349 e. The third-order valence-corrected chi connectivity index (χ3v) is 6.25. The van der Waals surface area contributed by atoms with E-state index in [0.29, 0.717) is 23.5 Å². The SMILES string of the molecule is C[C@@H](NC(=O)c1ccc2c(c1)CN(C1CCC(=O)NC1=O)C2=O)C1CCCC1. The zero-order chi connectivity index (χ0) is 19.8. The van der Waals surface area contributed by atoms with Crippen molar-refractivity contribution in [3.8, 4) is 0 Å². The predicted octanol–water partition coefficient (Wildman–Crippen LogP) is 1.76. The maximum Gasteiger partial charge on any atom is 0.255 e. The van der Waals surface area contributed by atoms with Gasteiger partial charge in [-0.3, -0.25) is 24.5 Å². The molecule has 7 nitrogen and oxygen atoms in total. The molecule has 1 aromatic carbocycles. The summed E-state index contributed by atoms with van der Waals surface area (Å²) in [5, 5.41) is 5.38. The summed E-state index contributed by atoms with van der Waals surface area (Å²) < 4.78 is 0. The van der Waals surface area contributed by atoms with E-state index in [4.69, 9.17) is 0 Å². The maximum atomic E-state index is 12.7. The third-order valence-electron chi connectivity index (χ3n) is 6.25. The van der Waals surface area contributed by atoms with E-state index in [1.807, 2.05) is 0 Å². The molecule has 4 amide bonds. The molecule has 4 rings (SSSR count). The molecule has 0 aromatic heterocycles. The summed E-state index contributed by atoms with van der Waals surface area (Å²) >= 11 is 0. The average Bonchev–Trinajstić information content (AvgIpc) is 3.30. The Bertz CT molecular complexity index is 844. The summed E-state index contributed by atoms with van der Waals surface area (Å²) in [4.78, 5) is 50.3. The molecule has 0 radical (unpaired) electrons. The normalized spacial score (nSPS) is 23.5. The van der Waals surface area contributed by atoms with Crippen molar-refractivity contribution >= 4 is 23.6 Å². The van der Waals surface area contributed by atoms with Crippen molar-refractivity contribution in [3.05, 3.63) is 34.9 Å². The molecule has 28 heavy (non-hydrogen) atoms. The Balaban J connectivity index is 1.46. The van der Waals surface area contributed by atoms with Gasteiger partial charge in [0.05, 0.1) is 0 Å². The van der Waals surface area contributed by atoms with Gasteiger partial charge < -0.3 is 10.2 Å². The van der Waals surface area contributed by atoms with E-state index in [1.54, 1.807) is 18.2 Å². The van der Waals surface area contributed by atoms with Crippen molar-refractivity contribution in [2.75, 3.05) is 0 Å². The summed E-state index contributed by atoms with van der Waals surface area (Å²) in [5.74, 6) is -0.561. The van der Waals surface area contributed by atoms with Gasteiger partial charge in [0.1, 0.15) is 6.04 Å². The highest BCUT2D eigenvalue weighted by atomic mass is 16.2. The standard InChI is InChI=1S/C21H25N3O4/c1-12(13-4-2-3-5-13)22-19(26)14-6-7-16-15(10-14)11-24(21(16)28)17-8-9-18(25)23-20(17)27/h6-7,10,12-13,17H,2-5,8-9,11H2,1H3,(H,22,26)(H,23,25,27)/t12-,17?/m1/s1. The van der Waals surface area contributed by atoms with Crippen molar-refractivity contribution in [1.29, 1.82) is 0 Å². The van der Waals surface area contributed by atoms with Gasteiger partial charge in [-0.2, -0.15) is 0 Å². The summed E-state index contributed by atoms with van der Waals surface area (Å²) in [6.45, 7) is 2.33. The molecule has 3 aliphatic rings. The summed E-state index contributed by atoms with van der Waals surface area (Å²) in [6, 6.07) is 4.57. The fraction of sp³-hybridized carbons (Fsp3) is 0.524. The Labute approximate surface area is 163 Å². The van der Waals surface area contributed by atoms with Crippen LogP contribution in [0.3, 0.4) is 0 Å². The Morgan fingerprint density at radius 3 is 2.64 bits per heavy atom. The molecule has 1 aromatic rings. The first-order valence-electron chi connectivity index (χ1n) is 10.0. The molecule has 1 saturated heterocycles. The lowest BCUT2D eigenvalue weighted by Gasteiger charge is -2.29. The van der Waals surface area contributed by atoms with E-state index >= 15 is 0 Å². The van der Waals surface area contributed by atoms with Gasteiger partial charge in [-0.1, -0.05) is 12.8 Å². The fourth-order valence-electron chi connectivity index (χ4n) is 4.58. The van der Waals surface area contributed by atoms with Crippen LogP contribution in [0.25, 0.3) is 0 Å². The number of amides is 4. The molecular weight excluding hydrogens is 358 g/mol. The number of rotatable bonds is 4. The minimum absolute atomic E-state index is 0.129. The number of hydrogen-bond donors (Lipinski definition) is 2. The molecule has 2 fully saturated rings. The van der Waals surface area contributed by atoms with Gasteiger partial charge in [0, 0.05) is 30.1 Å². The second-order valence-electron chi connectivity index (χ2n) is 8.08. The van der Waals surface area contributed by atoms with E-state index in [0.717, 1.165) is 18.4 Å². The second kappa shape index (κ2) is 7.37. The number of carbonyl (C=O) groups excluding carboxylic acids is 4. The first-order chi connectivity index (χ1) is 13.4. The molecule has 148 valence electrons. The van der Waals surface area contributed by atoms with Crippen molar-refractivity contribution in [1.82, 2.24) is 15.5 Å². The molecular formula is C21H25N3O4. The first-order valence-corrected chi connectivity index (χ1v) is 10.0. The Morgan fingerprint density at radius 1 is 1.18 bits per heavy atom. The van der Waals surface area contributed by atoms with E-state index in [-0.39, 0.29) is 36.7 Å². The van der Waals surface area contributed by atoms with E-state index in [1.165, 1.54) is 17.7 Å². The lowest BCUT2D eigenvalue weighted by Crippen LogP contribution is -2.52. The molecule has 2 heterocycles. The summed E-state index contributed by atoms with van der Waals surface area (Å²) in [6.07, 6.45) is 5.31. The smallest absolute Gasteiger partial charge is 0.255 e. The van der Waals surface area contributed by atoms with Gasteiger partial charge in [-0.25, -0.2) is 0 Å². The van der Waals surface area contributed by atoms with Crippen LogP contribution in [-0.4, -0.2) is 40.6 Å². The molecule has 1 saturated carbocycles.